The molecule has 0 radical (unpaired) electrons. The van der Waals surface area contributed by atoms with Crippen LogP contribution in [0.2, 0.25) is 0 Å². The van der Waals surface area contributed by atoms with Crippen molar-refractivity contribution in [3.63, 3.8) is 0 Å². The summed E-state index contributed by atoms with van der Waals surface area (Å²) in [4.78, 5) is 15.4. The smallest absolute Gasteiger partial charge is 0.276 e. The summed E-state index contributed by atoms with van der Waals surface area (Å²) in [7, 11) is 3.48. The molecule has 128 valence electrons. The lowest BCUT2D eigenvalue weighted by Gasteiger charge is -2.11. The fourth-order valence-corrected chi connectivity index (χ4v) is 2.74. The first-order chi connectivity index (χ1) is 12.0. The predicted molar refractivity (Wildman–Crippen MR) is 103 cm³/mol. The topological polar surface area (TPSA) is 32.8 Å². The third-order valence-corrected chi connectivity index (χ3v) is 4.72. The van der Waals surface area contributed by atoms with Crippen molar-refractivity contribution in [1.82, 2.24) is 9.80 Å². The second-order valence-electron chi connectivity index (χ2n) is 6.08. The molecule has 0 saturated carbocycles. The molecule has 4 nitrogen and oxygen atoms in total. The predicted octanol–water partition coefficient (Wildman–Crippen LogP) is 3.60. The zero-order valence-corrected chi connectivity index (χ0v) is 15.3. The Morgan fingerprint density at radius 1 is 1.00 bits per heavy atom. The molecule has 5 heteroatoms. The zero-order chi connectivity index (χ0) is 18.0. The van der Waals surface area contributed by atoms with Crippen molar-refractivity contribution in [1.29, 1.82) is 0 Å². The van der Waals surface area contributed by atoms with Gasteiger partial charge in [0, 0.05) is 14.1 Å². The first-order valence-electron chi connectivity index (χ1n) is 8.01. The first-order valence-corrected chi connectivity index (χ1v) is 8.42. The molecule has 1 heterocycles. The fourth-order valence-electron chi connectivity index (χ4n) is 2.56. The molecule has 0 unspecified atom stereocenters. The number of carbonyl (C=O) groups is 1. The highest BCUT2D eigenvalue weighted by atomic mass is 32.1. The van der Waals surface area contributed by atoms with E-state index < -0.39 is 0 Å². The zero-order valence-electron chi connectivity index (χ0n) is 14.5. The van der Waals surface area contributed by atoms with E-state index in [4.69, 9.17) is 17.0 Å². The monoisotopic (exact) mass is 352 g/mol. The van der Waals surface area contributed by atoms with Crippen LogP contribution in [0.15, 0.2) is 54.2 Å². The molecule has 3 rings (SSSR count). The van der Waals surface area contributed by atoms with Crippen LogP contribution in [0.5, 0.6) is 5.75 Å². The van der Waals surface area contributed by atoms with Gasteiger partial charge in [0.1, 0.15) is 18.1 Å². The van der Waals surface area contributed by atoms with Crippen LogP contribution in [0.1, 0.15) is 16.7 Å². The Morgan fingerprint density at radius 3 is 2.20 bits per heavy atom. The number of hydrogen-bond donors (Lipinski definition) is 0. The molecule has 0 aromatic heterocycles. The van der Waals surface area contributed by atoms with Crippen molar-refractivity contribution in [2.45, 2.75) is 13.5 Å². The van der Waals surface area contributed by atoms with Gasteiger partial charge in [0.15, 0.2) is 5.11 Å². The summed E-state index contributed by atoms with van der Waals surface area (Å²) in [5.74, 6) is 0.702. The maximum absolute atomic E-state index is 12.2. The lowest BCUT2D eigenvalue weighted by molar-refractivity contribution is -0.121. The van der Waals surface area contributed by atoms with Crippen LogP contribution in [0.3, 0.4) is 0 Å². The molecule has 1 aliphatic heterocycles. The van der Waals surface area contributed by atoms with Crippen molar-refractivity contribution < 1.29 is 9.53 Å². The van der Waals surface area contributed by atoms with E-state index in [1.54, 1.807) is 19.0 Å². The number of benzene rings is 2. The van der Waals surface area contributed by atoms with Crippen molar-refractivity contribution in [3.8, 4) is 5.75 Å². The molecular formula is C20H20N2O2S. The van der Waals surface area contributed by atoms with E-state index in [1.807, 2.05) is 30.3 Å². The summed E-state index contributed by atoms with van der Waals surface area (Å²) in [5.41, 5.74) is 3.86. The Bertz CT molecular complexity index is 826. The van der Waals surface area contributed by atoms with Crippen molar-refractivity contribution in [2.75, 3.05) is 14.1 Å². The molecule has 0 aliphatic carbocycles. The third-order valence-electron chi connectivity index (χ3n) is 4.17. The van der Waals surface area contributed by atoms with E-state index in [9.17, 15) is 4.79 Å². The van der Waals surface area contributed by atoms with Gasteiger partial charge in [0.05, 0.1) is 0 Å². The Kier molecular flexibility index (Phi) is 4.86. The maximum Gasteiger partial charge on any atom is 0.276 e. The van der Waals surface area contributed by atoms with Gasteiger partial charge in [0.2, 0.25) is 0 Å². The fraction of sp³-hybridized carbons (Fsp3) is 0.200. The van der Waals surface area contributed by atoms with Gasteiger partial charge in [-0.05, 0) is 48.5 Å². The lowest BCUT2D eigenvalue weighted by atomic mass is 10.1. The van der Waals surface area contributed by atoms with Gasteiger partial charge in [-0.1, -0.05) is 42.0 Å². The number of carbonyl (C=O) groups excluding carboxylic acids is 1. The molecule has 0 spiro atoms. The van der Waals surface area contributed by atoms with Gasteiger partial charge >= 0.3 is 0 Å². The van der Waals surface area contributed by atoms with E-state index in [0.29, 0.717) is 17.4 Å². The highest BCUT2D eigenvalue weighted by Gasteiger charge is 2.32. The molecule has 2 aromatic carbocycles. The van der Waals surface area contributed by atoms with Gasteiger partial charge in [-0.15, -0.1) is 0 Å². The first kappa shape index (κ1) is 17.2. The highest BCUT2D eigenvalue weighted by molar-refractivity contribution is 7.80. The van der Waals surface area contributed by atoms with E-state index in [0.717, 1.165) is 16.9 Å². The molecule has 0 N–H and O–H groups in total. The Hall–Kier alpha value is -2.66. The summed E-state index contributed by atoms with van der Waals surface area (Å²) in [6.45, 7) is 2.59. The summed E-state index contributed by atoms with van der Waals surface area (Å²) < 4.78 is 5.81. The Balaban J connectivity index is 1.68. The summed E-state index contributed by atoms with van der Waals surface area (Å²) in [5, 5.41) is 0.509. The van der Waals surface area contributed by atoms with Gasteiger partial charge < -0.3 is 9.64 Å². The molecular weight excluding hydrogens is 332 g/mol. The summed E-state index contributed by atoms with van der Waals surface area (Å²) >= 11 is 5.21. The number of likely N-dealkylation sites (N-methyl/N-ethyl adjacent to an activating group) is 2. The van der Waals surface area contributed by atoms with E-state index in [-0.39, 0.29) is 5.91 Å². The number of hydrogen-bond acceptors (Lipinski definition) is 3. The van der Waals surface area contributed by atoms with Crippen LogP contribution in [-0.4, -0.2) is 34.9 Å². The minimum absolute atomic E-state index is 0.0906. The number of rotatable bonds is 4. The number of aryl methyl sites for hydroxylation is 1. The molecule has 1 aliphatic rings. The van der Waals surface area contributed by atoms with Crippen molar-refractivity contribution in [2.24, 2.45) is 0 Å². The number of thiocarbonyl (C=S) groups is 1. The van der Waals surface area contributed by atoms with Crippen LogP contribution in [0.4, 0.5) is 0 Å². The number of ether oxygens (including phenoxy) is 1. The average molecular weight is 352 g/mol. The van der Waals surface area contributed by atoms with Gasteiger partial charge in [0.25, 0.3) is 5.91 Å². The minimum Gasteiger partial charge on any atom is -0.489 e. The second kappa shape index (κ2) is 7.07. The van der Waals surface area contributed by atoms with Crippen molar-refractivity contribution >= 4 is 29.3 Å². The number of nitrogens with zero attached hydrogens (tertiary/aromatic N) is 2. The van der Waals surface area contributed by atoms with Crippen LogP contribution in [0.25, 0.3) is 6.08 Å². The van der Waals surface area contributed by atoms with Crippen LogP contribution in [0, 0.1) is 6.92 Å². The maximum atomic E-state index is 12.2. The second-order valence-corrected chi connectivity index (χ2v) is 6.44. The molecule has 1 amide bonds. The van der Waals surface area contributed by atoms with Crippen LogP contribution >= 0.6 is 12.2 Å². The third kappa shape index (κ3) is 3.72. The lowest BCUT2D eigenvalue weighted by Crippen LogP contribution is -2.26. The summed E-state index contributed by atoms with van der Waals surface area (Å²) in [6, 6.07) is 15.9. The van der Waals surface area contributed by atoms with Crippen LogP contribution < -0.4 is 4.74 Å². The Labute approximate surface area is 153 Å². The van der Waals surface area contributed by atoms with E-state index in [2.05, 4.69) is 31.2 Å². The normalized spacial score (nSPS) is 16.0. The largest absolute Gasteiger partial charge is 0.489 e. The molecule has 25 heavy (non-hydrogen) atoms. The van der Waals surface area contributed by atoms with E-state index in [1.165, 1.54) is 10.5 Å². The average Bonchev–Trinajstić information content (AvgIpc) is 2.80. The standard InChI is InChI=1S/C20H20N2O2S/c1-14-4-6-16(7-5-14)13-24-17-10-8-15(9-11-17)12-18-19(23)22(3)20(25)21(18)2/h4-12H,13H2,1-3H3/b18-12-. The van der Waals surface area contributed by atoms with Gasteiger partial charge in [-0.2, -0.15) is 0 Å². The molecule has 0 bridgehead atoms. The highest BCUT2D eigenvalue weighted by Crippen LogP contribution is 2.22. The number of amides is 1. The minimum atomic E-state index is -0.0906. The SMILES string of the molecule is Cc1ccc(COc2ccc(/C=C3/C(=O)N(C)C(=S)N3C)cc2)cc1. The molecule has 1 saturated heterocycles. The molecule has 0 atom stereocenters. The van der Waals surface area contributed by atoms with E-state index >= 15 is 0 Å². The molecule has 1 fully saturated rings. The summed E-state index contributed by atoms with van der Waals surface area (Å²) in [6.07, 6.45) is 1.84. The Morgan fingerprint density at radius 2 is 1.64 bits per heavy atom. The van der Waals surface area contributed by atoms with Gasteiger partial charge in [-0.3, -0.25) is 9.69 Å². The molecule has 2 aromatic rings. The van der Waals surface area contributed by atoms with Crippen LogP contribution in [-0.2, 0) is 11.4 Å². The van der Waals surface area contributed by atoms with Gasteiger partial charge in [-0.25, -0.2) is 0 Å². The van der Waals surface area contributed by atoms with Crippen molar-refractivity contribution in [3.05, 3.63) is 70.9 Å². The quantitative estimate of drug-likeness (QED) is 0.622.